The van der Waals surface area contributed by atoms with Gasteiger partial charge in [0.05, 0.1) is 17.9 Å². The maximum Gasteiger partial charge on any atom is 0.162 e. The van der Waals surface area contributed by atoms with Gasteiger partial charge in [-0.2, -0.15) is 0 Å². The van der Waals surface area contributed by atoms with Crippen LogP contribution in [0.1, 0.15) is 12.8 Å². The van der Waals surface area contributed by atoms with Crippen molar-refractivity contribution in [3.05, 3.63) is 55.1 Å². The van der Waals surface area contributed by atoms with Gasteiger partial charge in [-0.05, 0) is 31.0 Å². The number of fused-ring (bicyclic) bond motifs is 4. The van der Waals surface area contributed by atoms with Crippen molar-refractivity contribution in [2.45, 2.75) is 18.9 Å². The van der Waals surface area contributed by atoms with E-state index < -0.39 is 0 Å². The molecule has 7 nitrogen and oxygen atoms in total. The third-order valence-corrected chi connectivity index (χ3v) is 5.77. The molecule has 144 valence electrons. The number of anilines is 1. The SMILES string of the molecule is c1ccc2c(c1)[nH]c1cccc(OC[C@H]3CCCN3c3ncnc4[nH]cnc34)c12. The fourth-order valence-corrected chi connectivity index (χ4v) is 4.42. The van der Waals surface area contributed by atoms with Gasteiger partial charge < -0.3 is 19.6 Å². The minimum Gasteiger partial charge on any atom is -0.491 e. The topological polar surface area (TPSA) is 82.7 Å². The van der Waals surface area contributed by atoms with Gasteiger partial charge in [0, 0.05) is 22.8 Å². The number of H-pyrrole nitrogens is 2. The van der Waals surface area contributed by atoms with E-state index >= 15 is 0 Å². The summed E-state index contributed by atoms with van der Waals surface area (Å²) in [6.45, 7) is 1.55. The van der Waals surface area contributed by atoms with Crippen LogP contribution in [0.15, 0.2) is 55.1 Å². The molecule has 0 radical (unpaired) electrons. The van der Waals surface area contributed by atoms with Crippen LogP contribution >= 0.6 is 0 Å². The summed E-state index contributed by atoms with van der Waals surface area (Å²) in [6, 6.07) is 14.8. The molecule has 0 amide bonds. The van der Waals surface area contributed by atoms with Crippen molar-refractivity contribution < 1.29 is 4.74 Å². The number of benzene rings is 2. The maximum absolute atomic E-state index is 6.38. The Balaban J connectivity index is 1.32. The molecule has 7 heteroatoms. The summed E-state index contributed by atoms with van der Waals surface area (Å²) in [4.78, 5) is 22.0. The highest BCUT2D eigenvalue weighted by atomic mass is 16.5. The van der Waals surface area contributed by atoms with Crippen LogP contribution in [0.4, 0.5) is 5.82 Å². The second kappa shape index (κ2) is 6.48. The van der Waals surface area contributed by atoms with E-state index in [2.05, 4.69) is 60.2 Å². The Labute approximate surface area is 166 Å². The largest absolute Gasteiger partial charge is 0.491 e. The Bertz CT molecular complexity index is 1320. The molecular formula is C22H20N6O. The zero-order valence-corrected chi connectivity index (χ0v) is 15.8. The van der Waals surface area contributed by atoms with Crippen molar-refractivity contribution in [2.24, 2.45) is 0 Å². The van der Waals surface area contributed by atoms with Gasteiger partial charge in [0.2, 0.25) is 0 Å². The molecule has 0 bridgehead atoms. The van der Waals surface area contributed by atoms with E-state index in [1.165, 1.54) is 5.39 Å². The number of imidazole rings is 1. The van der Waals surface area contributed by atoms with Crippen molar-refractivity contribution >= 4 is 38.8 Å². The summed E-state index contributed by atoms with van der Waals surface area (Å²) >= 11 is 0. The van der Waals surface area contributed by atoms with Crippen LogP contribution in [-0.4, -0.2) is 44.1 Å². The van der Waals surface area contributed by atoms with Gasteiger partial charge in [-0.3, -0.25) is 0 Å². The normalized spacial score (nSPS) is 17.0. The maximum atomic E-state index is 6.38. The minimum absolute atomic E-state index is 0.255. The van der Waals surface area contributed by atoms with Gasteiger partial charge in [0.1, 0.15) is 24.2 Å². The molecule has 1 atom stereocenters. The summed E-state index contributed by atoms with van der Waals surface area (Å²) in [6.07, 6.45) is 5.45. The third-order valence-electron chi connectivity index (χ3n) is 5.77. The van der Waals surface area contributed by atoms with E-state index in [1.807, 2.05) is 12.1 Å². The molecule has 4 heterocycles. The lowest BCUT2D eigenvalue weighted by Crippen LogP contribution is -2.35. The van der Waals surface area contributed by atoms with Crippen molar-refractivity contribution in [1.29, 1.82) is 0 Å². The molecule has 3 aromatic heterocycles. The number of para-hydroxylation sites is 1. The van der Waals surface area contributed by atoms with Crippen LogP contribution < -0.4 is 9.64 Å². The molecule has 0 spiro atoms. The van der Waals surface area contributed by atoms with Crippen LogP contribution in [0.2, 0.25) is 0 Å². The Hall–Kier alpha value is -3.61. The third kappa shape index (κ3) is 2.61. The number of nitrogens with zero attached hydrogens (tertiary/aromatic N) is 4. The van der Waals surface area contributed by atoms with Gasteiger partial charge in [0.25, 0.3) is 0 Å². The highest BCUT2D eigenvalue weighted by Crippen LogP contribution is 2.34. The lowest BCUT2D eigenvalue weighted by molar-refractivity contribution is 0.291. The first-order valence-electron chi connectivity index (χ1n) is 9.91. The molecule has 0 aliphatic carbocycles. The van der Waals surface area contributed by atoms with Crippen LogP contribution in [0.25, 0.3) is 33.0 Å². The van der Waals surface area contributed by atoms with E-state index in [9.17, 15) is 0 Å². The number of ether oxygens (including phenoxy) is 1. The van der Waals surface area contributed by atoms with E-state index in [4.69, 9.17) is 4.74 Å². The average molecular weight is 384 g/mol. The summed E-state index contributed by atoms with van der Waals surface area (Å²) < 4.78 is 6.38. The molecule has 1 fully saturated rings. The summed E-state index contributed by atoms with van der Waals surface area (Å²) in [5, 5.41) is 2.33. The molecule has 0 saturated carbocycles. The van der Waals surface area contributed by atoms with Crippen molar-refractivity contribution in [3.8, 4) is 5.75 Å². The van der Waals surface area contributed by atoms with Gasteiger partial charge in [-0.25, -0.2) is 15.0 Å². The molecule has 6 rings (SSSR count). The molecule has 5 aromatic rings. The Kier molecular flexibility index (Phi) is 3.65. The first-order valence-corrected chi connectivity index (χ1v) is 9.91. The Morgan fingerprint density at radius 3 is 2.97 bits per heavy atom. The Morgan fingerprint density at radius 2 is 1.97 bits per heavy atom. The molecular weight excluding hydrogens is 364 g/mol. The van der Waals surface area contributed by atoms with Crippen LogP contribution in [-0.2, 0) is 0 Å². The van der Waals surface area contributed by atoms with Gasteiger partial charge in [0.15, 0.2) is 11.5 Å². The predicted molar refractivity (Wildman–Crippen MR) is 113 cm³/mol. The van der Waals surface area contributed by atoms with Gasteiger partial charge in [-0.15, -0.1) is 0 Å². The van der Waals surface area contributed by atoms with Gasteiger partial charge >= 0.3 is 0 Å². The molecule has 0 unspecified atom stereocenters. The van der Waals surface area contributed by atoms with Crippen LogP contribution in [0.3, 0.4) is 0 Å². The zero-order valence-electron chi connectivity index (χ0n) is 15.8. The average Bonchev–Trinajstić information content (AvgIpc) is 3.49. The predicted octanol–water partition coefficient (Wildman–Crippen LogP) is 4.04. The number of rotatable bonds is 4. The lowest BCUT2D eigenvalue weighted by Gasteiger charge is -2.25. The zero-order chi connectivity index (χ0) is 19.2. The summed E-state index contributed by atoms with van der Waals surface area (Å²) in [5.41, 5.74) is 3.81. The highest BCUT2D eigenvalue weighted by molar-refractivity contribution is 6.10. The fraction of sp³-hybridized carbons (Fsp3) is 0.227. The Morgan fingerprint density at radius 1 is 1.03 bits per heavy atom. The van der Waals surface area contributed by atoms with Crippen LogP contribution in [0, 0.1) is 0 Å². The van der Waals surface area contributed by atoms with Crippen molar-refractivity contribution in [2.75, 3.05) is 18.1 Å². The lowest BCUT2D eigenvalue weighted by atomic mass is 10.1. The number of hydrogen-bond donors (Lipinski definition) is 2. The first-order chi connectivity index (χ1) is 14.4. The summed E-state index contributed by atoms with van der Waals surface area (Å²) in [5.74, 6) is 1.80. The van der Waals surface area contributed by atoms with E-state index in [-0.39, 0.29) is 6.04 Å². The number of aromatic amines is 2. The first kappa shape index (κ1) is 16.4. The molecule has 1 aliphatic heterocycles. The molecule has 2 N–H and O–H groups in total. The van der Waals surface area contributed by atoms with E-state index in [1.54, 1.807) is 12.7 Å². The second-order valence-corrected chi connectivity index (χ2v) is 7.45. The van der Waals surface area contributed by atoms with Crippen molar-refractivity contribution in [3.63, 3.8) is 0 Å². The number of hydrogen-bond acceptors (Lipinski definition) is 5. The quantitative estimate of drug-likeness (QED) is 0.489. The fourth-order valence-electron chi connectivity index (χ4n) is 4.42. The molecule has 1 saturated heterocycles. The second-order valence-electron chi connectivity index (χ2n) is 7.45. The standard InChI is InChI=1S/C22H20N6O/c1-2-7-16-15(6-1)19-17(27-16)8-3-9-18(19)29-11-14-5-4-10-28(14)22-20-21(24-12-23-20)25-13-26-22/h1-3,6-9,12-14,27H,4-5,10-11H2,(H,23,24,25,26)/t14-/m1/s1. The molecule has 1 aliphatic rings. The molecule has 29 heavy (non-hydrogen) atoms. The highest BCUT2D eigenvalue weighted by Gasteiger charge is 2.28. The minimum atomic E-state index is 0.255. The van der Waals surface area contributed by atoms with E-state index in [0.717, 1.165) is 58.5 Å². The molecule has 2 aromatic carbocycles. The summed E-state index contributed by atoms with van der Waals surface area (Å²) in [7, 11) is 0. The van der Waals surface area contributed by atoms with E-state index in [0.29, 0.717) is 6.61 Å². The smallest absolute Gasteiger partial charge is 0.162 e. The monoisotopic (exact) mass is 384 g/mol. The number of nitrogens with one attached hydrogen (secondary N) is 2. The van der Waals surface area contributed by atoms with Crippen LogP contribution in [0.5, 0.6) is 5.75 Å². The van der Waals surface area contributed by atoms with Gasteiger partial charge in [-0.1, -0.05) is 24.3 Å². The number of aromatic nitrogens is 5. The van der Waals surface area contributed by atoms with Crippen molar-refractivity contribution in [1.82, 2.24) is 24.9 Å².